The van der Waals surface area contributed by atoms with Crippen molar-refractivity contribution in [1.82, 2.24) is 10.2 Å². The molecule has 0 spiro atoms. The molecular weight excluding hydrogens is 222 g/mol. The molecule has 0 aliphatic carbocycles. The minimum atomic E-state index is -0.0506. The molecule has 5 heteroatoms. The Morgan fingerprint density at radius 3 is 3.19 bits per heavy atom. The number of carbonyl (C=O) groups is 1. The van der Waals surface area contributed by atoms with Crippen LogP contribution in [0.3, 0.4) is 0 Å². The maximum absolute atomic E-state index is 11.4. The first-order valence-corrected chi connectivity index (χ1v) is 6.34. The normalized spacial score (nSPS) is 22.6. The van der Waals surface area contributed by atoms with Crippen LogP contribution in [0.4, 0.5) is 0 Å². The van der Waals surface area contributed by atoms with E-state index in [2.05, 4.69) is 15.2 Å². The molecule has 0 atom stereocenters. The van der Waals surface area contributed by atoms with Crippen molar-refractivity contribution >= 4 is 22.8 Å². The van der Waals surface area contributed by atoms with Crippen LogP contribution in [-0.4, -0.2) is 28.8 Å². The molecule has 16 heavy (non-hydrogen) atoms. The largest absolute Gasteiger partial charge is 0.324 e. The molecular formula is C11H11N3OS. The van der Waals surface area contributed by atoms with Crippen molar-refractivity contribution in [3.63, 3.8) is 0 Å². The van der Waals surface area contributed by atoms with E-state index < -0.39 is 0 Å². The number of nitrogens with one attached hydrogen (secondary N) is 1. The lowest BCUT2D eigenvalue weighted by molar-refractivity contribution is -0.115. The van der Waals surface area contributed by atoms with Crippen LogP contribution in [0.15, 0.2) is 40.3 Å². The van der Waals surface area contributed by atoms with Crippen molar-refractivity contribution in [3.8, 4) is 0 Å². The predicted molar refractivity (Wildman–Crippen MR) is 64.7 cm³/mol. The smallest absolute Gasteiger partial charge is 0.248 e. The molecule has 4 nitrogen and oxygen atoms in total. The van der Waals surface area contributed by atoms with Crippen LogP contribution in [0.2, 0.25) is 0 Å². The lowest BCUT2D eigenvalue weighted by Crippen LogP contribution is -2.28. The van der Waals surface area contributed by atoms with Crippen molar-refractivity contribution in [2.24, 2.45) is 4.99 Å². The molecule has 82 valence electrons. The Morgan fingerprint density at radius 1 is 1.50 bits per heavy atom. The van der Waals surface area contributed by atoms with Gasteiger partial charge in [0.25, 0.3) is 0 Å². The van der Waals surface area contributed by atoms with Crippen LogP contribution >= 0.6 is 11.8 Å². The fraction of sp³-hybridized carbons (Fsp3) is 0.273. The highest BCUT2D eigenvalue weighted by Crippen LogP contribution is 2.34. The number of rotatable bonds is 0. The zero-order chi connectivity index (χ0) is 11.1. The molecule has 1 N–H and O–H groups in total. The topological polar surface area (TPSA) is 44.7 Å². The number of amidine groups is 1. The summed E-state index contributed by atoms with van der Waals surface area (Å²) < 4.78 is 0. The minimum Gasteiger partial charge on any atom is -0.324 e. The van der Waals surface area contributed by atoms with Gasteiger partial charge in [-0.1, -0.05) is 11.8 Å². The molecule has 0 bridgehead atoms. The number of aliphatic imine (C=N–C) groups is 1. The number of carbonyl (C=O) groups excluding carboxylic acids is 1. The molecule has 3 rings (SSSR count). The number of nitrogens with zero attached hydrogens (tertiary/aromatic N) is 2. The third-order valence-corrected chi connectivity index (χ3v) is 3.52. The second-order valence-electron chi connectivity index (χ2n) is 3.75. The molecule has 0 aromatic carbocycles. The van der Waals surface area contributed by atoms with Gasteiger partial charge in [-0.2, -0.15) is 0 Å². The molecule has 0 unspecified atom stereocenters. The number of hydrogen-bond donors (Lipinski definition) is 1. The van der Waals surface area contributed by atoms with E-state index in [1.165, 1.54) is 0 Å². The molecule has 0 saturated carbocycles. The van der Waals surface area contributed by atoms with E-state index in [1.54, 1.807) is 17.8 Å². The summed E-state index contributed by atoms with van der Waals surface area (Å²) in [6, 6.07) is 0. The number of hydrogen-bond acceptors (Lipinski definition) is 4. The molecule has 0 aromatic heterocycles. The lowest BCUT2D eigenvalue weighted by Gasteiger charge is -2.25. The fourth-order valence-corrected chi connectivity index (χ4v) is 2.72. The first kappa shape index (κ1) is 9.72. The average Bonchev–Trinajstić information content (AvgIpc) is 2.62. The molecule has 3 aliphatic heterocycles. The highest BCUT2D eigenvalue weighted by atomic mass is 32.2. The average molecular weight is 233 g/mol. The Balaban J connectivity index is 2.13. The number of allylic oxidation sites excluding steroid dienone is 1. The van der Waals surface area contributed by atoms with Crippen LogP contribution in [-0.2, 0) is 4.79 Å². The van der Waals surface area contributed by atoms with E-state index in [1.807, 2.05) is 18.5 Å². The summed E-state index contributed by atoms with van der Waals surface area (Å²) in [4.78, 5) is 18.0. The second kappa shape index (κ2) is 3.52. The molecule has 0 radical (unpaired) electrons. The van der Waals surface area contributed by atoms with E-state index >= 15 is 0 Å². The van der Waals surface area contributed by atoms with Gasteiger partial charge in [-0.3, -0.25) is 4.79 Å². The van der Waals surface area contributed by atoms with Gasteiger partial charge in [0.15, 0.2) is 5.17 Å². The fourth-order valence-electron chi connectivity index (χ4n) is 2.16. The molecule has 0 fully saturated rings. The maximum atomic E-state index is 11.4. The van der Waals surface area contributed by atoms with Gasteiger partial charge in [0, 0.05) is 36.5 Å². The van der Waals surface area contributed by atoms with E-state index in [9.17, 15) is 4.79 Å². The van der Waals surface area contributed by atoms with Gasteiger partial charge in [0.1, 0.15) is 0 Å². The van der Waals surface area contributed by atoms with Crippen LogP contribution in [0.1, 0.15) is 6.42 Å². The number of amides is 1. The minimum absolute atomic E-state index is 0.0506. The van der Waals surface area contributed by atoms with E-state index in [0.29, 0.717) is 0 Å². The summed E-state index contributed by atoms with van der Waals surface area (Å²) in [7, 11) is 0. The second-order valence-corrected chi connectivity index (χ2v) is 4.53. The van der Waals surface area contributed by atoms with Crippen molar-refractivity contribution in [1.29, 1.82) is 0 Å². The molecule has 3 aliphatic rings. The Hall–Kier alpha value is -1.49. The van der Waals surface area contributed by atoms with E-state index in [-0.39, 0.29) is 5.91 Å². The Morgan fingerprint density at radius 2 is 2.38 bits per heavy atom. The Labute approximate surface area is 97.8 Å². The van der Waals surface area contributed by atoms with Crippen molar-refractivity contribution < 1.29 is 4.79 Å². The van der Waals surface area contributed by atoms with Crippen molar-refractivity contribution in [2.75, 3.05) is 12.8 Å². The van der Waals surface area contributed by atoms with Gasteiger partial charge in [-0.15, -0.1) is 0 Å². The van der Waals surface area contributed by atoms with Crippen molar-refractivity contribution in [2.45, 2.75) is 6.42 Å². The van der Waals surface area contributed by atoms with Gasteiger partial charge in [-0.25, -0.2) is 4.99 Å². The summed E-state index contributed by atoms with van der Waals surface area (Å²) in [6.45, 7) is 0.899. The van der Waals surface area contributed by atoms with Crippen LogP contribution in [0, 0.1) is 0 Å². The number of thioether (sulfide) groups is 1. The van der Waals surface area contributed by atoms with E-state index in [4.69, 9.17) is 0 Å². The first-order chi connectivity index (χ1) is 7.79. The van der Waals surface area contributed by atoms with Crippen LogP contribution in [0.25, 0.3) is 0 Å². The summed E-state index contributed by atoms with van der Waals surface area (Å²) in [5.41, 5.74) is 3.15. The molecule has 0 aromatic rings. The monoisotopic (exact) mass is 233 g/mol. The van der Waals surface area contributed by atoms with Crippen molar-refractivity contribution in [3.05, 3.63) is 35.3 Å². The summed E-state index contributed by atoms with van der Waals surface area (Å²) in [5.74, 6) is -0.0506. The maximum Gasteiger partial charge on any atom is 0.248 e. The molecule has 3 heterocycles. The summed E-state index contributed by atoms with van der Waals surface area (Å²) >= 11 is 1.63. The third-order valence-electron chi connectivity index (χ3n) is 2.83. The van der Waals surface area contributed by atoms with Gasteiger partial charge in [-0.05, 0) is 12.3 Å². The SMILES string of the molecule is CSC1=NC=C2C=CC(=O)NC3=C2N1CC3. The van der Waals surface area contributed by atoms with Crippen LogP contribution < -0.4 is 5.32 Å². The Bertz CT molecular complexity index is 487. The van der Waals surface area contributed by atoms with Gasteiger partial charge < -0.3 is 10.2 Å². The predicted octanol–water partition coefficient (Wildman–Crippen LogP) is 1.21. The summed E-state index contributed by atoms with van der Waals surface area (Å²) in [6.07, 6.45) is 8.11. The zero-order valence-corrected chi connectivity index (χ0v) is 9.67. The first-order valence-electron chi connectivity index (χ1n) is 5.11. The lowest BCUT2D eigenvalue weighted by atomic mass is 10.1. The zero-order valence-electron chi connectivity index (χ0n) is 8.86. The van der Waals surface area contributed by atoms with Gasteiger partial charge in [0.2, 0.25) is 5.91 Å². The third kappa shape index (κ3) is 1.31. The quantitative estimate of drug-likeness (QED) is 0.684. The van der Waals surface area contributed by atoms with Crippen LogP contribution in [0.5, 0.6) is 0 Å². The Kier molecular flexibility index (Phi) is 2.14. The molecule has 0 saturated heterocycles. The van der Waals surface area contributed by atoms with E-state index in [0.717, 1.165) is 35.1 Å². The van der Waals surface area contributed by atoms with Gasteiger partial charge >= 0.3 is 0 Å². The highest BCUT2D eigenvalue weighted by molar-refractivity contribution is 8.13. The summed E-state index contributed by atoms with van der Waals surface area (Å²) in [5, 5.41) is 3.92. The highest BCUT2D eigenvalue weighted by Gasteiger charge is 2.31. The van der Waals surface area contributed by atoms with Gasteiger partial charge in [0.05, 0.1) is 5.70 Å². The molecule has 1 amide bonds. The standard InChI is InChI=1S/C11H11N3OS/c1-16-11-12-6-7-2-3-9(15)13-8-4-5-14(11)10(7)8/h2-3,6H,4-5H2,1H3,(H,13,15).